The van der Waals surface area contributed by atoms with Gasteiger partial charge in [0.2, 0.25) is 11.7 Å². The highest BCUT2D eigenvalue weighted by Gasteiger charge is 2.16. The van der Waals surface area contributed by atoms with Gasteiger partial charge in [0, 0.05) is 23.8 Å². The van der Waals surface area contributed by atoms with Crippen LogP contribution in [0.1, 0.15) is 27.8 Å². The third-order valence-electron chi connectivity index (χ3n) is 3.30. The van der Waals surface area contributed by atoms with Gasteiger partial charge >= 0.3 is 5.97 Å². The van der Waals surface area contributed by atoms with Crippen molar-refractivity contribution >= 4 is 40.9 Å². The Bertz CT molecular complexity index is 935. The molecule has 1 aromatic carbocycles. The van der Waals surface area contributed by atoms with E-state index in [1.165, 1.54) is 37.4 Å². The Morgan fingerprint density at radius 1 is 1.18 bits per heavy atom. The zero-order valence-electron chi connectivity index (χ0n) is 14.6. The molecular formula is C18H15ClFN3O5. The first-order valence-corrected chi connectivity index (χ1v) is 8.30. The predicted molar refractivity (Wildman–Crippen MR) is 97.6 cm³/mol. The molecule has 1 heterocycles. The van der Waals surface area contributed by atoms with Crippen LogP contribution in [0.3, 0.4) is 0 Å². The maximum atomic E-state index is 14.0. The number of esters is 1. The van der Waals surface area contributed by atoms with Gasteiger partial charge in [0.1, 0.15) is 18.1 Å². The maximum absolute atomic E-state index is 14.0. The van der Waals surface area contributed by atoms with Crippen molar-refractivity contribution in [3.05, 3.63) is 58.6 Å². The molecular weight excluding hydrogens is 393 g/mol. The fourth-order valence-electron chi connectivity index (χ4n) is 2.07. The highest BCUT2D eigenvalue weighted by atomic mass is 35.5. The van der Waals surface area contributed by atoms with Crippen LogP contribution in [0.15, 0.2) is 36.5 Å². The molecule has 2 amide bonds. The molecule has 28 heavy (non-hydrogen) atoms. The molecule has 10 heteroatoms. The Labute approximate surface area is 164 Å². The Morgan fingerprint density at radius 2 is 1.93 bits per heavy atom. The molecule has 2 rings (SSSR count). The highest BCUT2D eigenvalue weighted by molar-refractivity contribution is 6.30. The lowest BCUT2D eigenvalue weighted by molar-refractivity contribution is -0.141. The molecule has 2 aromatic rings. The number of rotatable bonds is 7. The number of hydrogen-bond donors (Lipinski definition) is 2. The molecule has 0 aliphatic carbocycles. The Balaban J connectivity index is 1.84. The molecule has 0 fully saturated rings. The van der Waals surface area contributed by atoms with Crippen LogP contribution in [0.25, 0.3) is 0 Å². The van der Waals surface area contributed by atoms with Gasteiger partial charge in [0.25, 0.3) is 5.91 Å². The van der Waals surface area contributed by atoms with E-state index in [0.29, 0.717) is 5.02 Å². The number of aromatic nitrogens is 1. The van der Waals surface area contributed by atoms with Gasteiger partial charge < -0.3 is 15.4 Å². The lowest BCUT2D eigenvalue weighted by atomic mass is 10.1. The number of pyridine rings is 1. The second kappa shape index (κ2) is 9.56. The summed E-state index contributed by atoms with van der Waals surface area (Å²) in [4.78, 5) is 50.2. The maximum Gasteiger partial charge on any atom is 0.325 e. The predicted octanol–water partition coefficient (Wildman–Crippen LogP) is 1.99. The number of benzene rings is 1. The minimum Gasteiger partial charge on any atom is -0.456 e. The number of nitrogens with one attached hydrogen (secondary N) is 2. The third-order valence-corrected chi connectivity index (χ3v) is 3.54. The Hall–Kier alpha value is -3.33. The van der Waals surface area contributed by atoms with Crippen molar-refractivity contribution < 1.29 is 28.3 Å². The van der Waals surface area contributed by atoms with Crippen molar-refractivity contribution in [3.8, 4) is 0 Å². The molecule has 146 valence electrons. The average Bonchev–Trinajstić information content (AvgIpc) is 2.63. The van der Waals surface area contributed by atoms with E-state index in [0.717, 1.165) is 6.07 Å². The SMILES string of the molecule is CC(=O)Nc1ccc(C(=O)COC(=O)CNC(=O)c2cc(Cl)ccn2)c(F)c1. The van der Waals surface area contributed by atoms with Gasteiger partial charge in [-0.15, -0.1) is 0 Å². The van der Waals surface area contributed by atoms with Crippen molar-refractivity contribution in [1.29, 1.82) is 0 Å². The quantitative estimate of drug-likeness (QED) is 0.536. The van der Waals surface area contributed by atoms with Gasteiger partial charge in [0.15, 0.2) is 6.61 Å². The van der Waals surface area contributed by atoms with Crippen LogP contribution in [-0.2, 0) is 14.3 Å². The highest BCUT2D eigenvalue weighted by Crippen LogP contribution is 2.15. The summed E-state index contributed by atoms with van der Waals surface area (Å²) in [7, 11) is 0. The van der Waals surface area contributed by atoms with Crippen LogP contribution in [0.2, 0.25) is 5.02 Å². The molecule has 0 radical (unpaired) electrons. The van der Waals surface area contributed by atoms with Gasteiger partial charge in [-0.1, -0.05) is 11.6 Å². The van der Waals surface area contributed by atoms with E-state index in [4.69, 9.17) is 16.3 Å². The topological polar surface area (TPSA) is 114 Å². The second-order valence-corrected chi connectivity index (χ2v) is 5.94. The summed E-state index contributed by atoms with van der Waals surface area (Å²) in [5, 5.41) is 4.95. The largest absolute Gasteiger partial charge is 0.456 e. The first kappa shape index (κ1) is 21.0. The summed E-state index contributed by atoms with van der Waals surface area (Å²) in [5.74, 6) is -3.57. The lowest BCUT2D eigenvalue weighted by Gasteiger charge is -2.08. The summed E-state index contributed by atoms with van der Waals surface area (Å²) in [5.41, 5.74) is -0.0948. The van der Waals surface area contributed by atoms with Crippen LogP contribution in [-0.4, -0.2) is 41.7 Å². The van der Waals surface area contributed by atoms with Crippen LogP contribution in [0.5, 0.6) is 0 Å². The Kier molecular flexibility index (Phi) is 7.16. The van der Waals surface area contributed by atoms with Crippen LogP contribution < -0.4 is 10.6 Å². The molecule has 0 saturated heterocycles. The van der Waals surface area contributed by atoms with Crippen molar-refractivity contribution in [3.63, 3.8) is 0 Å². The third kappa shape index (κ3) is 6.13. The second-order valence-electron chi connectivity index (χ2n) is 5.50. The number of amides is 2. The van der Waals surface area contributed by atoms with E-state index in [2.05, 4.69) is 15.6 Å². The number of carbonyl (C=O) groups excluding carboxylic acids is 4. The number of carbonyl (C=O) groups is 4. The van der Waals surface area contributed by atoms with Gasteiger partial charge in [-0.25, -0.2) is 4.39 Å². The van der Waals surface area contributed by atoms with E-state index in [1.54, 1.807) is 0 Å². The summed E-state index contributed by atoms with van der Waals surface area (Å²) in [6.45, 7) is 0.0441. The van der Waals surface area contributed by atoms with Crippen molar-refractivity contribution in [2.75, 3.05) is 18.5 Å². The fraction of sp³-hybridized carbons (Fsp3) is 0.167. The molecule has 0 unspecified atom stereocenters. The smallest absolute Gasteiger partial charge is 0.325 e. The summed E-state index contributed by atoms with van der Waals surface area (Å²) >= 11 is 5.74. The molecule has 8 nitrogen and oxygen atoms in total. The van der Waals surface area contributed by atoms with Crippen molar-refractivity contribution in [2.45, 2.75) is 6.92 Å². The lowest BCUT2D eigenvalue weighted by Crippen LogP contribution is -2.32. The van der Waals surface area contributed by atoms with Crippen LogP contribution >= 0.6 is 11.6 Å². The van der Waals surface area contributed by atoms with E-state index in [9.17, 15) is 23.6 Å². The average molecular weight is 408 g/mol. The van der Waals surface area contributed by atoms with Gasteiger partial charge in [0.05, 0.1) is 5.56 Å². The van der Waals surface area contributed by atoms with E-state index < -0.39 is 36.6 Å². The number of ketones is 1. The molecule has 2 N–H and O–H groups in total. The standard InChI is InChI=1S/C18H15ClFN3O5/c1-10(24)23-12-2-3-13(14(20)7-12)16(25)9-28-17(26)8-22-18(27)15-6-11(19)4-5-21-15/h2-7H,8-9H2,1H3,(H,22,27)(H,23,24). The fourth-order valence-corrected chi connectivity index (χ4v) is 2.23. The van der Waals surface area contributed by atoms with Crippen LogP contribution in [0, 0.1) is 5.82 Å². The van der Waals surface area contributed by atoms with Crippen molar-refractivity contribution in [1.82, 2.24) is 10.3 Å². The number of hydrogen-bond acceptors (Lipinski definition) is 6. The minimum atomic E-state index is -0.890. The number of nitrogens with zero attached hydrogens (tertiary/aromatic N) is 1. The normalized spacial score (nSPS) is 10.1. The Morgan fingerprint density at radius 3 is 2.57 bits per heavy atom. The first-order valence-electron chi connectivity index (χ1n) is 7.92. The summed E-state index contributed by atoms with van der Waals surface area (Å²) < 4.78 is 18.7. The number of ether oxygens (including phenoxy) is 1. The molecule has 0 aliphatic heterocycles. The molecule has 0 bridgehead atoms. The number of Topliss-reactive ketones (excluding diaryl/α,β-unsaturated/α-hetero) is 1. The number of halogens is 2. The minimum absolute atomic E-state index is 0.0118. The zero-order valence-corrected chi connectivity index (χ0v) is 15.4. The summed E-state index contributed by atoms with van der Waals surface area (Å²) in [6, 6.07) is 6.30. The molecule has 0 aliphatic rings. The molecule has 0 spiro atoms. The molecule has 0 saturated carbocycles. The van der Waals surface area contributed by atoms with E-state index in [-0.39, 0.29) is 22.9 Å². The van der Waals surface area contributed by atoms with Gasteiger partial charge in [-0.2, -0.15) is 0 Å². The first-order chi connectivity index (χ1) is 13.3. The summed E-state index contributed by atoms with van der Waals surface area (Å²) in [6.07, 6.45) is 1.33. The van der Waals surface area contributed by atoms with E-state index >= 15 is 0 Å². The van der Waals surface area contributed by atoms with Gasteiger partial charge in [-0.05, 0) is 30.3 Å². The zero-order chi connectivity index (χ0) is 20.7. The monoisotopic (exact) mass is 407 g/mol. The van der Waals surface area contributed by atoms with Crippen LogP contribution in [0.4, 0.5) is 10.1 Å². The molecule has 0 atom stereocenters. The van der Waals surface area contributed by atoms with Gasteiger partial charge in [-0.3, -0.25) is 24.2 Å². The van der Waals surface area contributed by atoms with Crippen molar-refractivity contribution in [2.24, 2.45) is 0 Å². The molecule has 1 aromatic heterocycles. The number of anilines is 1. The van der Waals surface area contributed by atoms with E-state index in [1.807, 2.05) is 0 Å².